The number of benzene rings is 2. The highest BCUT2D eigenvalue weighted by Crippen LogP contribution is 2.70. The molecule has 1 fully saturated rings. The molecule has 1 aliphatic rings. The highest BCUT2D eigenvalue weighted by Gasteiger charge is 2.51. The zero-order valence-electron chi connectivity index (χ0n) is 22.7. The van der Waals surface area contributed by atoms with Crippen molar-refractivity contribution in [2.75, 3.05) is 19.9 Å². The lowest BCUT2D eigenvalue weighted by Crippen LogP contribution is -2.47. The summed E-state index contributed by atoms with van der Waals surface area (Å²) in [6, 6.07) is 14.3. The molecule has 2 N–H and O–H groups in total. The quantitative estimate of drug-likeness (QED) is 0.226. The summed E-state index contributed by atoms with van der Waals surface area (Å²) in [7, 11) is 0. The Kier molecular flexibility index (Phi) is 9.23. The van der Waals surface area contributed by atoms with Crippen LogP contribution >= 0.6 is 17.7 Å². The number of hydrogen-bond acceptors (Lipinski definition) is 5. The number of pyridine rings is 1. The first-order valence-corrected chi connectivity index (χ1v) is 17.2. The van der Waals surface area contributed by atoms with Crippen LogP contribution < -0.4 is 11.2 Å². The zero-order valence-corrected chi connectivity index (χ0v) is 24.4. The Hall–Kier alpha value is -2.34. The fourth-order valence-electron chi connectivity index (χ4n) is 5.37. The lowest BCUT2D eigenvalue weighted by atomic mass is 9.98. The second-order valence-corrected chi connectivity index (χ2v) is 16.1. The van der Waals surface area contributed by atoms with Crippen LogP contribution in [-0.2, 0) is 39.9 Å². The van der Waals surface area contributed by atoms with Gasteiger partial charge in [-0.15, -0.1) is 0 Å². The summed E-state index contributed by atoms with van der Waals surface area (Å²) in [5.74, 6) is -0.487. The summed E-state index contributed by atoms with van der Waals surface area (Å²) in [4.78, 5) is 26.3. The van der Waals surface area contributed by atoms with E-state index in [1.165, 1.54) is 22.5 Å². The van der Waals surface area contributed by atoms with Crippen molar-refractivity contribution in [3.63, 3.8) is 0 Å². The minimum absolute atomic E-state index is 0.149. The molecule has 0 aliphatic carbocycles. The molecule has 1 unspecified atom stereocenters. The Morgan fingerprint density at radius 2 is 1.71 bits per heavy atom. The molecule has 0 spiro atoms. The molecule has 4 rings (SSSR count). The smallest absolute Gasteiger partial charge is 0.232 e. The topological polar surface area (TPSA) is 91.4 Å². The first kappa shape index (κ1) is 28.7. The van der Waals surface area contributed by atoms with Crippen LogP contribution in [-0.4, -0.2) is 35.5 Å². The van der Waals surface area contributed by atoms with Gasteiger partial charge in [-0.05, 0) is 93.9 Å². The number of aryl methyl sites for hydroxylation is 4. The van der Waals surface area contributed by atoms with E-state index in [0.29, 0.717) is 26.1 Å². The minimum Gasteiger partial charge on any atom is -0.381 e. The summed E-state index contributed by atoms with van der Waals surface area (Å²) >= 11 is 1.28. The molecule has 1 atom stereocenters. The van der Waals surface area contributed by atoms with Crippen molar-refractivity contribution in [1.29, 1.82) is 0 Å². The van der Waals surface area contributed by atoms with E-state index in [-0.39, 0.29) is 5.43 Å². The maximum Gasteiger partial charge on any atom is 0.232 e. The maximum atomic E-state index is 13.7. The van der Waals surface area contributed by atoms with Crippen LogP contribution in [0.25, 0.3) is 10.9 Å². The number of nitrogens with two attached hydrogens (primary N) is 1. The molecule has 1 amide bonds. The van der Waals surface area contributed by atoms with Gasteiger partial charge in [-0.3, -0.25) is 9.59 Å². The van der Waals surface area contributed by atoms with E-state index in [1.807, 2.05) is 24.4 Å². The van der Waals surface area contributed by atoms with Crippen LogP contribution in [0.4, 0.5) is 0 Å². The van der Waals surface area contributed by atoms with Gasteiger partial charge in [0.1, 0.15) is 5.16 Å². The molecule has 2 aromatic carbocycles. The first-order valence-electron chi connectivity index (χ1n) is 13.6. The average molecular weight is 555 g/mol. The largest absolute Gasteiger partial charge is 0.381 e. The highest BCUT2D eigenvalue weighted by molar-refractivity contribution is 8.58. The normalized spacial score (nSPS) is 16.8. The minimum atomic E-state index is -2.96. The molecule has 0 bridgehead atoms. The second kappa shape index (κ2) is 12.2. The Bertz CT molecular complexity index is 1390. The van der Waals surface area contributed by atoms with Crippen LogP contribution in [0.15, 0.2) is 58.4 Å². The van der Waals surface area contributed by atoms with E-state index in [9.17, 15) is 14.2 Å². The molecule has 6 nitrogen and oxygen atoms in total. The molecule has 0 saturated carbocycles. The monoisotopic (exact) mass is 554 g/mol. The molecule has 1 saturated heterocycles. The van der Waals surface area contributed by atoms with Crippen LogP contribution in [0, 0.1) is 0 Å². The van der Waals surface area contributed by atoms with Crippen molar-refractivity contribution < 1.29 is 14.1 Å². The van der Waals surface area contributed by atoms with E-state index < -0.39 is 17.4 Å². The van der Waals surface area contributed by atoms with Crippen molar-refractivity contribution in [3.05, 3.63) is 75.6 Å². The maximum absolute atomic E-state index is 13.7. The predicted molar refractivity (Wildman–Crippen MR) is 158 cm³/mol. The summed E-state index contributed by atoms with van der Waals surface area (Å²) in [6.07, 6.45) is 4.42. The Balaban J connectivity index is 1.36. The van der Waals surface area contributed by atoms with Crippen LogP contribution in [0.1, 0.15) is 56.2 Å². The predicted octanol–water partition coefficient (Wildman–Crippen LogP) is 6.18. The number of carbonyl (C=O) groups excluding carboxylic acids is 1. The number of carbonyl (C=O) groups is 1. The summed E-state index contributed by atoms with van der Waals surface area (Å²) in [5.41, 5.74) is 10.2. The molecule has 1 aromatic heterocycles. The number of nitrogens with zero attached hydrogens (tertiary/aromatic N) is 1. The van der Waals surface area contributed by atoms with Crippen LogP contribution in [0.5, 0.6) is 0 Å². The van der Waals surface area contributed by atoms with E-state index in [4.69, 9.17) is 10.5 Å². The number of primary amides is 1. The van der Waals surface area contributed by atoms with Gasteiger partial charge in [0.05, 0.1) is 5.52 Å². The van der Waals surface area contributed by atoms with Crippen molar-refractivity contribution in [1.82, 2.24) is 4.57 Å². The van der Waals surface area contributed by atoms with Crippen LogP contribution in [0.2, 0.25) is 0 Å². The highest BCUT2D eigenvalue weighted by atomic mass is 32.7. The van der Waals surface area contributed by atoms with E-state index >= 15 is 0 Å². The standard InChI is InChI=1S/C30H39N2O4PS/c1-4-22-12-15-26-27(20-22)32(5-2)21-24(28(26)33)9-7-6-8-23-10-13-25(14-11-23)38-37(3,35)30(29(31)34)16-18-36-19-17-30/h10-15,20-21H,4-9,16-19H2,1-3H3,(H2,31,34). The van der Waals surface area contributed by atoms with E-state index in [0.717, 1.165) is 60.0 Å². The number of aromatic nitrogens is 1. The van der Waals surface area contributed by atoms with Crippen LogP contribution in [0.3, 0.4) is 0 Å². The Morgan fingerprint density at radius 3 is 2.34 bits per heavy atom. The van der Waals surface area contributed by atoms with Crippen molar-refractivity contribution in [2.24, 2.45) is 5.73 Å². The Labute approximate surface area is 229 Å². The van der Waals surface area contributed by atoms with Gasteiger partial charge < -0.3 is 19.6 Å². The Morgan fingerprint density at radius 1 is 1.05 bits per heavy atom. The molecule has 3 aromatic rings. The first-order chi connectivity index (χ1) is 18.2. The number of amides is 1. The number of hydrogen-bond donors (Lipinski definition) is 1. The molecular formula is C30H39N2O4PS. The van der Waals surface area contributed by atoms with Crippen molar-refractivity contribution >= 4 is 34.5 Å². The fraction of sp³-hybridized carbons (Fsp3) is 0.467. The van der Waals surface area contributed by atoms with E-state index in [1.54, 1.807) is 6.66 Å². The summed E-state index contributed by atoms with van der Waals surface area (Å²) < 4.78 is 21.3. The zero-order chi connectivity index (χ0) is 27.3. The van der Waals surface area contributed by atoms with Gasteiger partial charge in [0.2, 0.25) is 5.91 Å². The average Bonchev–Trinajstić information content (AvgIpc) is 2.92. The molecule has 8 heteroatoms. The number of rotatable bonds is 11. The SMILES string of the molecule is CCc1ccc2c(=O)c(CCCCc3ccc(SP(C)(=O)C4(C(N)=O)CCOCC4)cc3)cn(CC)c2c1. The fourth-order valence-corrected chi connectivity index (χ4v) is 10.5. The number of fused-ring (bicyclic) bond motifs is 1. The molecule has 38 heavy (non-hydrogen) atoms. The third kappa shape index (κ3) is 5.95. The van der Waals surface area contributed by atoms with Gasteiger partial charge >= 0.3 is 0 Å². The van der Waals surface area contributed by atoms with E-state index in [2.05, 4.69) is 42.7 Å². The number of ether oxygens (including phenoxy) is 1. The van der Waals surface area contributed by atoms with Crippen molar-refractivity contribution in [3.8, 4) is 0 Å². The van der Waals surface area contributed by atoms with Gasteiger partial charge in [-0.25, -0.2) is 0 Å². The summed E-state index contributed by atoms with van der Waals surface area (Å²) in [6.45, 7) is 7.58. The van der Waals surface area contributed by atoms with Gasteiger partial charge in [-0.1, -0.05) is 36.5 Å². The van der Waals surface area contributed by atoms with Gasteiger partial charge in [0, 0.05) is 41.8 Å². The molecular weight excluding hydrogens is 515 g/mol. The van der Waals surface area contributed by atoms with Gasteiger partial charge in [0.15, 0.2) is 11.8 Å². The molecule has 204 valence electrons. The molecule has 1 aliphatic heterocycles. The molecule has 0 radical (unpaired) electrons. The van der Waals surface area contributed by atoms with Gasteiger partial charge in [0.25, 0.3) is 0 Å². The third-order valence-corrected chi connectivity index (χ3v) is 13.7. The summed E-state index contributed by atoms with van der Waals surface area (Å²) in [5, 5.41) is -0.201. The van der Waals surface area contributed by atoms with Crippen molar-refractivity contribution in [2.45, 2.75) is 75.4 Å². The van der Waals surface area contributed by atoms with Gasteiger partial charge in [-0.2, -0.15) is 0 Å². The lowest BCUT2D eigenvalue weighted by molar-refractivity contribution is -0.122. The lowest BCUT2D eigenvalue weighted by Gasteiger charge is -2.38. The molecule has 2 heterocycles. The third-order valence-electron chi connectivity index (χ3n) is 7.89. The second-order valence-electron chi connectivity index (χ2n) is 10.3. The number of unbranched alkanes of at least 4 members (excludes halogenated alkanes) is 1.